The van der Waals surface area contributed by atoms with Crippen LogP contribution >= 0.6 is 0 Å². The molecule has 3 N–H and O–H groups in total. The Labute approximate surface area is 144 Å². The first-order valence-corrected chi connectivity index (χ1v) is 8.86. The second-order valence-corrected chi connectivity index (χ2v) is 6.97. The summed E-state index contributed by atoms with van der Waals surface area (Å²) in [5.74, 6) is 0.207. The number of hydrogen-bond donors (Lipinski definition) is 3. The quantitative estimate of drug-likeness (QED) is 0.717. The SMILES string of the molecule is CC(C)C(O)CCNC(=O)NCC1(c2ccccc2)CCOCC1. The van der Waals surface area contributed by atoms with Gasteiger partial charge in [0.15, 0.2) is 0 Å². The Balaban J connectivity index is 1.86. The lowest BCUT2D eigenvalue weighted by Gasteiger charge is -2.38. The van der Waals surface area contributed by atoms with Gasteiger partial charge in [-0.1, -0.05) is 44.2 Å². The van der Waals surface area contributed by atoms with Crippen LogP contribution in [0.1, 0.15) is 38.7 Å². The third kappa shape index (κ3) is 5.21. The van der Waals surface area contributed by atoms with Gasteiger partial charge in [0.1, 0.15) is 0 Å². The first-order valence-electron chi connectivity index (χ1n) is 8.86. The lowest BCUT2D eigenvalue weighted by molar-refractivity contribution is 0.0506. The van der Waals surface area contributed by atoms with Crippen LogP contribution in [0.5, 0.6) is 0 Å². The van der Waals surface area contributed by atoms with E-state index < -0.39 is 0 Å². The fourth-order valence-electron chi connectivity index (χ4n) is 3.10. The maximum absolute atomic E-state index is 12.1. The number of ether oxygens (including phenoxy) is 1. The normalized spacial score (nSPS) is 18.2. The van der Waals surface area contributed by atoms with Crippen molar-refractivity contribution in [1.82, 2.24) is 10.6 Å². The average molecular weight is 334 g/mol. The fraction of sp³-hybridized carbons (Fsp3) is 0.632. The molecule has 1 aromatic carbocycles. The average Bonchev–Trinajstić information content (AvgIpc) is 2.61. The summed E-state index contributed by atoms with van der Waals surface area (Å²) >= 11 is 0. The summed E-state index contributed by atoms with van der Waals surface area (Å²) < 4.78 is 5.51. The molecule has 1 saturated heterocycles. The predicted octanol–water partition coefficient (Wildman–Crippen LogP) is 2.44. The summed E-state index contributed by atoms with van der Waals surface area (Å²) in [7, 11) is 0. The highest BCUT2D eigenvalue weighted by molar-refractivity contribution is 5.73. The van der Waals surface area contributed by atoms with Crippen molar-refractivity contribution in [3.63, 3.8) is 0 Å². The van der Waals surface area contributed by atoms with Gasteiger partial charge in [-0.15, -0.1) is 0 Å². The molecular formula is C19H30N2O3. The van der Waals surface area contributed by atoms with E-state index in [1.807, 2.05) is 32.0 Å². The van der Waals surface area contributed by atoms with Gasteiger partial charge in [0.25, 0.3) is 0 Å². The van der Waals surface area contributed by atoms with Gasteiger partial charge in [0, 0.05) is 31.7 Å². The number of benzene rings is 1. The standard InChI is InChI=1S/C19H30N2O3/c1-15(2)17(22)8-11-20-18(23)21-14-19(9-12-24-13-10-19)16-6-4-3-5-7-16/h3-7,15,17,22H,8-14H2,1-2H3,(H2,20,21,23). The Morgan fingerprint density at radius 3 is 2.50 bits per heavy atom. The second-order valence-electron chi connectivity index (χ2n) is 6.97. The summed E-state index contributed by atoms with van der Waals surface area (Å²) in [6, 6.07) is 10.2. The van der Waals surface area contributed by atoms with E-state index in [1.54, 1.807) is 0 Å². The molecule has 0 aromatic heterocycles. The van der Waals surface area contributed by atoms with Gasteiger partial charge < -0.3 is 20.5 Å². The zero-order valence-electron chi connectivity index (χ0n) is 14.8. The lowest BCUT2D eigenvalue weighted by Crippen LogP contribution is -2.47. The largest absolute Gasteiger partial charge is 0.393 e. The minimum absolute atomic E-state index is 0.0612. The van der Waals surface area contributed by atoms with E-state index >= 15 is 0 Å². The molecule has 0 aliphatic carbocycles. The van der Waals surface area contributed by atoms with Crippen molar-refractivity contribution in [2.75, 3.05) is 26.3 Å². The van der Waals surface area contributed by atoms with Gasteiger partial charge in [0.2, 0.25) is 0 Å². The number of aliphatic hydroxyl groups is 1. The minimum atomic E-state index is -0.378. The van der Waals surface area contributed by atoms with E-state index in [2.05, 4.69) is 22.8 Å². The van der Waals surface area contributed by atoms with Crippen molar-refractivity contribution in [2.24, 2.45) is 5.92 Å². The number of carbonyl (C=O) groups is 1. The van der Waals surface area contributed by atoms with E-state index in [0.29, 0.717) is 19.5 Å². The third-order valence-corrected chi connectivity index (χ3v) is 4.92. The zero-order chi connectivity index (χ0) is 17.4. The predicted molar refractivity (Wildman–Crippen MR) is 95.0 cm³/mol. The molecule has 1 aliphatic rings. The van der Waals surface area contributed by atoms with Crippen molar-refractivity contribution < 1.29 is 14.6 Å². The smallest absolute Gasteiger partial charge is 0.314 e. The molecule has 1 atom stereocenters. The fourth-order valence-corrected chi connectivity index (χ4v) is 3.10. The molecule has 0 bridgehead atoms. The molecule has 0 saturated carbocycles. The number of hydrogen-bond acceptors (Lipinski definition) is 3. The Bertz CT molecular complexity index is 499. The molecule has 24 heavy (non-hydrogen) atoms. The van der Waals surface area contributed by atoms with Gasteiger partial charge in [0.05, 0.1) is 6.10 Å². The van der Waals surface area contributed by atoms with Crippen LogP contribution in [-0.2, 0) is 10.2 Å². The molecule has 2 amide bonds. The molecule has 0 spiro atoms. The molecule has 0 radical (unpaired) electrons. The number of rotatable bonds is 7. The lowest BCUT2D eigenvalue weighted by atomic mass is 9.74. The topological polar surface area (TPSA) is 70.6 Å². The Kier molecular flexibility index (Phi) is 7.06. The van der Waals surface area contributed by atoms with Crippen molar-refractivity contribution in [3.05, 3.63) is 35.9 Å². The highest BCUT2D eigenvalue weighted by Crippen LogP contribution is 2.34. The number of carbonyl (C=O) groups excluding carboxylic acids is 1. The Hall–Kier alpha value is -1.59. The van der Waals surface area contributed by atoms with Crippen LogP contribution in [-0.4, -0.2) is 43.5 Å². The molecule has 5 nitrogen and oxygen atoms in total. The highest BCUT2D eigenvalue weighted by atomic mass is 16.5. The number of aliphatic hydroxyl groups excluding tert-OH is 1. The molecule has 1 aromatic rings. The Morgan fingerprint density at radius 1 is 1.21 bits per heavy atom. The Morgan fingerprint density at radius 2 is 1.88 bits per heavy atom. The molecular weight excluding hydrogens is 304 g/mol. The highest BCUT2D eigenvalue weighted by Gasteiger charge is 2.34. The summed E-state index contributed by atoms with van der Waals surface area (Å²) in [6.45, 7) is 6.46. The maximum Gasteiger partial charge on any atom is 0.314 e. The zero-order valence-corrected chi connectivity index (χ0v) is 14.8. The van der Waals surface area contributed by atoms with Crippen LogP contribution < -0.4 is 10.6 Å². The van der Waals surface area contributed by atoms with Crippen molar-refractivity contribution in [3.8, 4) is 0 Å². The number of amides is 2. The number of urea groups is 1. The van der Waals surface area contributed by atoms with Crippen LogP contribution in [0.3, 0.4) is 0 Å². The van der Waals surface area contributed by atoms with Gasteiger partial charge >= 0.3 is 6.03 Å². The van der Waals surface area contributed by atoms with Gasteiger partial charge in [-0.25, -0.2) is 4.79 Å². The van der Waals surface area contributed by atoms with Gasteiger partial charge in [-0.3, -0.25) is 0 Å². The van der Waals surface area contributed by atoms with Gasteiger partial charge in [-0.05, 0) is 30.7 Å². The minimum Gasteiger partial charge on any atom is -0.393 e. The van der Waals surface area contributed by atoms with E-state index in [1.165, 1.54) is 5.56 Å². The van der Waals surface area contributed by atoms with Crippen LogP contribution in [0.2, 0.25) is 0 Å². The van der Waals surface area contributed by atoms with E-state index in [9.17, 15) is 9.90 Å². The molecule has 1 unspecified atom stereocenters. The van der Waals surface area contributed by atoms with Crippen LogP contribution in [0.4, 0.5) is 4.79 Å². The summed E-state index contributed by atoms with van der Waals surface area (Å²) in [6.07, 6.45) is 2.01. The maximum atomic E-state index is 12.1. The summed E-state index contributed by atoms with van der Waals surface area (Å²) in [5, 5.41) is 15.6. The second kappa shape index (κ2) is 9.04. The van der Waals surface area contributed by atoms with E-state index in [0.717, 1.165) is 26.1 Å². The van der Waals surface area contributed by atoms with E-state index in [-0.39, 0.29) is 23.5 Å². The van der Waals surface area contributed by atoms with Crippen molar-refractivity contribution in [1.29, 1.82) is 0 Å². The molecule has 1 fully saturated rings. The van der Waals surface area contributed by atoms with E-state index in [4.69, 9.17) is 4.74 Å². The first-order chi connectivity index (χ1) is 11.5. The van der Waals surface area contributed by atoms with Crippen LogP contribution in [0.25, 0.3) is 0 Å². The summed E-state index contributed by atoms with van der Waals surface area (Å²) in [4.78, 5) is 12.1. The number of nitrogens with one attached hydrogen (secondary N) is 2. The molecule has 2 rings (SSSR count). The first kappa shape index (κ1) is 18.7. The monoisotopic (exact) mass is 334 g/mol. The van der Waals surface area contributed by atoms with Gasteiger partial charge in [-0.2, -0.15) is 0 Å². The third-order valence-electron chi connectivity index (χ3n) is 4.92. The van der Waals surface area contributed by atoms with Crippen LogP contribution in [0.15, 0.2) is 30.3 Å². The summed E-state index contributed by atoms with van der Waals surface area (Å²) in [5.41, 5.74) is 1.19. The molecule has 134 valence electrons. The van der Waals surface area contributed by atoms with Crippen LogP contribution in [0, 0.1) is 5.92 Å². The molecule has 5 heteroatoms. The molecule has 1 aliphatic heterocycles. The molecule has 1 heterocycles. The van der Waals surface area contributed by atoms with Crippen molar-refractivity contribution in [2.45, 2.75) is 44.6 Å². The van der Waals surface area contributed by atoms with Crippen molar-refractivity contribution >= 4 is 6.03 Å².